The molecule has 70 valence electrons. The van der Waals surface area contributed by atoms with E-state index in [0.29, 0.717) is 0 Å². The van der Waals surface area contributed by atoms with E-state index >= 15 is 0 Å². The first-order valence-electron chi connectivity index (χ1n) is 4.58. The third-order valence-electron chi connectivity index (χ3n) is 2.19. The number of hydrogen-bond acceptors (Lipinski definition) is 2. The first kappa shape index (κ1) is 9.90. The van der Waals surface area contributed by atoms with Gasteiger partial charge in [0.2, 0.25) is 0 Å². The Morgan fingerprint density at radius 2 is 2.23 bits per heavy atom. The maximum absolute atomic E-state index is 11.2. The number of hydrogen-bond donors (Lipinski definition) is 0. The Hall–Kier alpha value is -1.18. The minimum Gasteiger partial charge on any atom is -0.299 e. The van der Waals surface area contributed by atoms with Crippen molar-refractivity contribution in [2.45, 2.75) is 33.1 Å². The standard InChI is InChI=1S/C11H15NO/c1-4-10(9(3)13)11-6-5-8(2)7-12-11/h5-7,10H,4H2,1-3H3. The second-order valence-corrected chi connectivity index (χ2v) is 3.33. The van der Waals surface area contributed by atoms with E-state index in [0.717, 1.165) is 17.7 Å². The molecule has 0 bridgehead atoms. The van der Waals surface area contributed by atoms with Gasteiger partial charge < -0.3 is 0 Å². The van der Waals surface area contributed by atoms with Crippen LogP contribution in [-0.4, -0.2) is 10.8 Å². The zero-order valence-corrected chi connectivity index (χ0v) is 8.37. The van der Waals surface area contributed by atoms with Crippen LogP contribution in [0.25, 0.3) is 0 Å². The van der Waals surface area contributed by atoms with Crippen molar-refractivity contribution >= 4 is 5.78 Å². The Labute approximate surface area is 79.0 Å². The predicted octanol–water partition coefficient (Wildman–Crippen LogP) is 2.47. The molecule has 0 saturated carbocycles. The molecule has 1 rings (SSSR count). The van der Waals surface area contributed by atoms with Crippen molar-refractivity contribution in [2.24, 2.45) is 0 Å². The van der Waals surface area contributed by atoms with Crippen LogP contribution in [0.5, 0.6) is 0 Å². The fourth-order valence-electron chi connectivity index (χ4n) is 1.39. The fourth-order valence-corrected chi connectivity index (χ4v) is 1.39. The summed E-state index contributed by atoms with van der Waals surface area (Å²) < 4.78 is 0. The van der Waals surface area contributed by atoms with Gasteiger partial charge in [-0.05, 0) is 31.9 Å². The Balaban J connectivity index is 2.92. The molecule has 1 heterocycles. The van der Waals surface area contributed by atoms with Crippen molar-refractivity contribution in [3.63, 3.8) is 0 Å². The average Bonchev–Trinajstić information content (AvgIpc) is 2.09. The lowest BCUT2D eigenvalue weighted by atomic mass is 9.97. The van der Waals surface area contributed by atoms with Crippen LogP contribution in [0.15, 0.2) is 18.3 Å². The van der Waals surface area contributed by atoms with E-state index in [9.17, 15) is 4.79 Å². The molecule has 1 atom stereocenters. The van der Waals surface area contributed by atoms with Gasteiger partial charge in [0.15, 0.2) is 0 Å². The summed E-state index contributed by atoms with van der Waals surface area (Å²) in [7, 11) is 0. The summed E-state index contributed by atoms with van der Waals surface area (Å²) in [4.78, 5) is 15.5. The fraction of sp³-hybridized carbons (Fsp3) is 0.455. The van der Waals surface area contributed by atoms with E-state index in [-0.39, 0.29) is 11.7 Å². The number of rotatable bonds is 3. The number of carbonyl (C=O) groups excluding carboxylic acids is 1. The Kier molecular flexibility index (Phi) is 3.18. The molecule has 0 saturated heterocycles. The summed E-state index contributed by atoms with van der Waals surface area (Å²) >= 11 is 0. The van der Waals surface area contributed by atoms with E-state index < -0.39 is 0 Å². The molecule has 1 unspecified atom stereocenters. The van der Waals surface area contributed by atoms with E-state index in [1.165, 1.54) is 0 Å². The third kappa shape index (κ3) is 2.38. The summed E-state index contributed by atoms with van der Waals surface area (Å²) in [5, 5.41) is 0. The highest BCUT2D eigenvalue weighted by Crippen LogP contribution is 2.17. The summed E-state index contributed by atoms with van der Waals surface area (Å²) in [5.74, 6) is 0.166. The average molecular weight is 177 g/mol. The SMILES string of the molecule is CCC(C(C)=O)c1ccc(C)cn1. The van der Waals surface area contributed by atoms with E-state index in [4.69, 9.17) is 0 Å². The molecular formula is C11H15NO. The first-order chi connectivity index (χ1) is 6.15. The summed E-state index contributed by atoms with van der Waals surface area (Å²) in [6.45, 7) is 5.62. The van der Waals surface area contributed by atoms with Gasteiger partial charge >= 0.3 is 0 Å². The molecule has 1 aromatic rings. The summed E-state index contributed by atoms with van der Waals surface area (Å²) in [6, 6.07) is 3.93. The number of Topliss-reactive ketones (excluding diaryl/α,β-unsaturated/α-hetero) is 1. The van der Waals surface area contributed by atoms with Gasteiger partial charge in [-0.25, -0.2) is 0 Å². The van der Waals surface area contributed by atoms with Crippen LogP contribution in [0, 0.1) is 6.92 Å². The van der Waals surface area contributed by atoms with Crippen LogP contribution >= 0.6 is 0 Å². The van der Waals surface area contributed by atoms with Gasteiger partial charge in [-0.1, -0.05) is 13.0 Å². The van der Waals surface area contributed by atoms with Crippen LogP contribution in [-0.2, 0) is 4.79 Å². The van der Waals surface area contributed by atoms with Crippen LogP contribution in [0.2, 0.25) is 0 Å². The van der Waals surface area contributed by atoms with Gasteiger partial charge in [0.25, 0.3) is 0 Å². The van der Waals surface area contributed by atoms with Crippen molar-refractivity contribution < 1.29 is 4.79 Å². The maximum atomic E-state index is 11.2. The smallest absolute Gasteiger partial charge is 0.138 e. The van der Waals surface area contributed by atoms with E-state index in [1.54, 1.807) is 13.1 Å². The molecule has 0 aliphatic carbocycles. The molecule has 0 N–H and O–H groups in total. The van der Waals surface area contributed by atoms with Crippen molar-refractivity contribution in [3.8, 4) is 0 Å². The highest BCUT2D eigenvalue weighted by atomic mass is 16.1. The zero-order chi connectivity index (χ0) is 9.84. The Morgan fingerprint density at radius 3 is 2.62 bits per heavy atom. The minimum atomic E-state index is -0.0272. The maximum Gasteiger partial charge on any atom is 0.138 e. The molecular weight excluding hydrogens is 162 g/mol. The molecule has 0 aliphatic rings. The Bertz CT molecular complexity index is 289. The second-order valence-electron chi connectivity index (χ2n) is 3.33. The molecule has 13 heavy (non-hydrogen) atoms. The number of aryl methyl sites for hydroxylation is 1. The van der Waals surface area contributed by atoms with Crippen molar-refractivity contribution in [3.05, 3.63) is 29.6 Å². The quantitative estimate of drug-likeness (QED) is 0.710. The highest BCUT2D eigenvalue weighted by molar-refractivity contribution is 5.82. The number of nitrogens with zero attached hydrogens (tertiary/aromatic N) is 1. The third-order valence-corrected chi connectivity index (χ3v) is 2.19. The summed E-state index contributed by atoms with van der Waals surface area (Å²) in [6.07, 6.45) is 2.63. The monoisotopic (exact) mass is 177 g/mol. The molecule has 2 nitrogen and oxygen atoms in total. The zero-order valence-electron chi connectivity index (χ0n) is 8.37. The lowest BCUT2D eigenvalue weighted by molar-refractivity contribution is -0.118. The van der Waals surface area contributed by atoms with Gasteiger partial charge in [0.1, 0.15) is 5.78 Å². The van der Waals surface area contributed by atoms with Crippen molar-refractivity contribution in [2.75, 3.05) is 0 Å². The number of aromatic nitrogens is 1. The highest BCUT2D eigenvalue weighted by Gasteiger charge is 2.14. The lowest BCUT2D eigenvalue weighted by Gasteiger charge is -2.09. The minimum absolute atomic E-state index is 0.0272. The van der Waals surface area contributed by atoms with Crippen LogP contribution in [0.3, 0.4) is 0 Å². The lowest BCUT2D eigenvalue weighted by Crippen LogP contribution is -2.09. The van der Waals surface area contributed by atoms with Gasteiger partial charge in [-0.3, -0.25) is 9.78 Å². The van der Waals surface area contributed by atoms with E-state index in [2.05, 4.69) is 4.98 Å². The molecule has 0 fully saturated rings. The van der Waals surface area contributed by atoms with Crippen molar-refractivity contribution in [1.29, 1.82) is 0 Å². The molecule has 0 radical (unpaired) electrons. The van der Waals surface area contributed by atoms with Crippen LogP contribution < -0.4 is 0 Å². The molecule has 1 aromatic heterocycles. The van der Waals surface area contributed by atoms with Gasteiger partial charge in [-0.15, -0.1) is 0 Å². The molecule has 0 spiro atoms. The first-order valence-corrected chi connectivity index (χ1v) is 4.58. The Morgan fingerprint density at radius 1 is 1.54 bits per heavy atom. The number of carbonyl (C=O) groups is 1. The van der Waals surface area contributed by atoms with Gasteiger partial charge in [0, 0.05) is 6.20 Å². The summed E-state index contributed by atoms with van der Waals surface area (Å²) in [5.41, 5.74) is 2.02. The second kappa shape index (κ2) is 4.17. The largest absolute Gasteiger partial charge is 0.299 e. The molecule has 0 aromatic carbocycles. The predicted molar refractivity (Wildman–Crippen MR) is 52.7 cm³/mol. The molecule has 0 aliphatic heterocycles. The molecule has 0 amide bonds. The van der Waals surface area contributed by atoms with Gasteiger partial charge in [0.05, 0.1) is 11.6 Å². The number of pyridine rings is 1. The van der Waals surface area contributed by atoms with Crippen molar-refractivity contribution in [1.82, 2.24) is 4.98 Å². The van der Waals surface area contributed by atoms with Crippen LogP contribution in [0.4, 0.5) is 0 Å². The number of ketones is 1. The van der Waals surface area contributed by atoms with Crippen LogP contribution in [0.1, 0.15) is 37.4 Å². The molecule has 2 heteroatoms. The topological polar surface area (TPSA) is 30.0 Å². The van der Waals surface area contributed by atoms with Gasteiger partial charge in [-0.2, -0.15) is 0 Å². The van der Waals surface area contributed by atoms with E-state index in [1.807, 2.05) is 26.0 Å². The normalized spacial score (nSPS) is 12.5.